The lowest BCUT2D eigenvalue weighted by molar-refractivity contribution is -0.137. The van der Waals surface area contributed by atoms with E-state index in [2.05, 4.69) is 0 Å². The summed E-state index contributed by atoms with van der Waals surface area (Å²) in [5, 5.41) is 8.60. The van der Waals surface area contributed by atoms with E-state index in [0.717, 1.165) is 5.56 Å². The van der Waals surface area contributed by atoms with Crippen LogP contribution in [0.15, 0.2) is 30.3 Å². The van der Waals surface area contributed by atoms with Gasteiger partial charge in [-0.05, 0) is 12.0 Å². The van der Waals surface area contributed by atoms with Gasteiger partial charge in [0.05, 0.1) is 6.61 Å². The molecule has 0 unspecified atom stereocenters. The Labute approximate surface area is 119 Å². The van der Waals surface area contributed by atoms with Gasteiger partial charge < -0.3 is 14.7 Å². The lowest BCUT2D eigenvalue weighted by Gasteiger charge is -2.22. The minimum Gasteiger partial charge on any atom is -0.481 e. The van der Waals surface area contributed by atoms with Crippen LogP contribution in [-0.2, 0) is 20.9 Å². The lowest BCUT2D eigenvalue weighted by Crippen LogP contribution is -2.33. The number of carboxylic acid groups (broad SMARTS) is 1. The third-order valence-corrected chi connectivity index (χ3v) is 2.92. The first-order valence-corrected chi connectivity index (χ1v) is 6.66. The van der Waals surface area contributed by atoms with E-state index < -0.39 is 5.97 Å². The largest absolute Gasteiger partial charge is 0.481 e. The summed E-state index contributed by atoms with van der Waals surface area (Å²) in [7, 11) is 1.59. The average molecular weight is 279 g/mol. The number of ether oxygens (including phenoxy) is 1. The number of carboxylic acids is 1. The van der Waals surface area contributed by atoms with Gasteiger partial charge in [0, 0.05) is 33.0 Å². The van der Waals surface area contributed by atoms with E-state index in [-0.39, 0.29) is 18.7 Å². The van der Waals surface area contributed by atoms with Crippen LogP contribution in [0.4, 0.5) is 0 Å². The summed E-state index contributed by atoms with van der Waals surface area (Å²) in [6.07, 6.45) is 0.643. The van der Waals surface area contributed by atoms with E-state index in [1.807, 2.05) is 30.3 Å². The molecule has 0 heterocycles. The van der Waals surface area contributed by atoms with Crippen molar-refractivity contribution in [3.63, 3.8) is 0 Å². The fraction of sp³-hybridized carbons (Fsp3) is 0.467. The minimum atomic E-state index is -0.871. The van der Waals surface area contributed by atoms with Crippen molar-refractivity contribution in [2.75, 3.05) is 20.3 Å². The molecule has 0 saturated heterocycles. The Kier molecular flexibility index (Phi) is 7.35. The summed E-state index contributed by atoms with van der Waals surface area (Å²) in [4.78, 5) is 24.3. The number of hydrogen-bond acceptors (Lipinski definition) is 3. The fourth-order valence-corrected chi connectivity index (χ4v) is 1.85. The van der Waals surface area contributed by atoms with Crippen LogP contribution in [0.2, 0.25) is 0 Å². The van der Waals surface area contributed by atoms with E-state index in [1.165, 1.54) is 0 Å². The van der Waals surface area contributed by atoms with Gasteiger partial charge in [0.15, 0.2) is 0 Å². The zero-order valence-corrected chi connectivity index (χ0v) is 11.7. The van der Waals surface area contributed by atoms with E-state index in [0.29, 0.717) is 26.1 Å². The summed E-state index contributed by atoms with van der Waals surface area (Å²) < 4.78 is 5.01. The maximum atomic E-state index is 12.1. The molecule has 1 N–H and O–H groups in total. The number of hydrogen-bond donors (Lipinski definition) is 1. The average Bonchev–Trinajstić information content (AvgIpc) is 2.44. The Morgan fingerprint density at radius 1 is 1.20 bits per heavy atom. The van der Waals surface area contributed by atoms with Gasteiger partial charge in [0.2, 0.25) is 5.91 Å². The Morgan fingerprint density at radius 2 is 1.90 bits per heavy atom. The van der Waals surface area contributed by atoms with Gasteiger partial charge in [-0.15, -0.1) is 0 Å². The molecule has 110 valence electrons. The Balaban J connectivity index is 2.54. The van der Waals surface area contributed by atoms with Crippen molar-refractivity contribution in [3.05, 3.63) is 35.9 Å². The third-order valence-electron chi connectivity index (χ3n) is 2.92. The topological polar surface area (TPSA) is 66.8 Å². The molecule has 0 saturated carbocycles. The second-order valence-electron chi connectivity index (χ2n) is 4.54. The maximum absolute atomic E-state index is 12.1. The van der Waals surface area contributed by atoms with Crippen LogP contribution in [-0.4, -0.2) is 42.1 Å². The molecular formula is C15H21NO4. The first kappa shape index (κ1) is 16.2. The lowest BCUT2D eigenvalue weighted by atomic mass is 10.2. The molecule has 1 aromatic rings. The summed E-state index contributed by atoms with van der Waals surface area (Å²) in [5.74, 6) is -0.906. The molecule has 0 spiro atoms. The molecule has 0 radical (unpaired) electrons. The zero-order valence-electron chi connectivity index (χ0n) is 11.7. The summed E-state index contributed by atoms with van der Waals surface area (Å²) in [6, 6.07) is 9.71. The van der Waals surface area contributed by atoms with E-state index >= 15 is 0 Å². The number of carbonyl (C=O) groups excluding carboxylic acids is 1. The van der Waals surface area contributed by atoms with E-state index in [9.17, 15) is 9.59 Å². The molecule has 5 nitrogen and oxygen atoms in total. The molecule has 0 aliphatic rings. The zero-order chi connectivity index (χ0) is 14.8. The van der Waals surface area contributed by atoms with Crippen LogP contribution in [0.25, 0.3) is 0 Å². The first-order chi connectivity index (χ1) is 9.63. The van der Waals surface area contributed by atoms with Crippen LogP contribution < -0.4 is 0 Å². The second-order valence-corrected chi connectivity index (χ2v) is 4.54. The molecule has 1 rings (SSSR count). The molecule has 0 atom stereocenters. The standard InChI is InChI=1S/C15H21NO4/c1-20-11-10-16(12-13-6-3-2-4-7-13)14(17)8-5-9-15(18)19/h2-4,6-7H,5,8-12H2,1H3,(H,18,19). The number of rotatable bonds is 9. The van der Waals surface area contributed by atoms with Crippen molar-refractivity contribution < 1.29 is 19.4 Å². The van der Waals surface area contributed by atoms with Crippen molar-refractivity contribution in [1.82, 2.24) is 4.90 Å². The predicted octanol–water partition coefficient (Wildman–Crippen LogP) is 1.92. The quantitative estimate of drug-likeness (QED) is 0.750. The van der Waals surface area contributed by atoms with Crippen molar-refractivity contribution in [2.24, 2.45) is 0 Å². The monoisotopic (exact) mass is 279 g/mol. The number of amides is 1. The van der Waals surface area contributed by atoms with Gasteiger partial charge in [0.25, 0.3) is 0 Å². The highest BCUT2D eigenvalue weighted by Gasteiger charge is 2.14. The first-order valence-electron chi connectivity index (χ1n) is 6.66. The van der Waals surface area contributed by atoms with Gasteiger partial charge >= 0.3 is 5.97 Å². The highest BCUT2D eigenvalue weighted by atomic mass is 16.5. The van der Waals surface area contributed by atoms with Crippen LogP contribution in [0.3, 0.4) is 0 Å². The fourth-order valence-electron chi connectivity index (χ4n) is 1.85. The smallest absolute Gasteiger partial charge is 0.303 e. The van der Waals surface area contributed by atoms with E-state index in [4.69, 9.17) is 9.84 Å². The molecule has 0 fully saturated rings. The van der Waals surface area contributed by atoms with Crippen molar-refractivity contribution in [1.29, 1.82) is 0 Å². The molecule has 0 bridgehead atoms. The second kappa shape index (κ2) is 9.09. The number of carbonyl (C=O) groups is 2. The Morgan fingerprint density at radius 3 is 2.50 bits per heavy atom. The van der Waals surface area contributed by atoms with Crippen LogP contribution in [0, 0.1) is 0 Å². The highest BCUT2D eigenvalue weighted by Crippen LogP contribution is 2.08. The van der Waals surface area contributed by atoms with Crippen LogP contribution in [0.5, 0.6) is 0 Å². The predicted molar refractivity (Wildman–Crippen MR) is 75.2 cm³/mol. The Bertz CT molecular complexity index is 419. The van der Waals surface area contributed by atoms with Gasteiger partial charge in [-0.1, -0.05) is 30.3 Å². The van der Waals surface area contributed by atoms with Gasteiger partial charge in [-0.2, -0.15) is 0 Å². The molecular weight excluding hydrogens is 258 g/mol. The van der Waals surface area contributed by atoms with Crippen LogP contribution >= 0.6 is 0 Å². The molecule has 0 aromatic heterocycles. The molecule has 1 aromatic carbocycles. The number of nitrogens with zero attached hydrogens (tertiary/aromatic N) is 1. The number of methoxy groups -OCH3 is 1. The third kappa shape index (κ3) is 6.33. The maximum Gasteiger partial charge on any atom is 0.303 e. The normalized spacial score (nSPS) is 10.2. The number of benzene rings is 1. The summed E-state index contributed by atoms with van der Waals surface area (Å²) in [6.45, 7) is 1.50. The Hall–Kier alpha value is -1.88. The summed E-state index contributed by atoms with van der Waals surface area (Å²) in [5.41, 5.74) is 1.05. The summed E-state index contributed by atoms with van der Waals surface area (Å²) >= 11 is 0. The van der Waals surface area contributed by atoms with E-state index in [1.54, 1.807) is 12.0 Å². The van der Waals surface area contributed by atoms with Gasteiger partial charge in [0.1, 0.15) is 0 Å². The molecule has 5 heteroatoms. The minimum absolute atomic E-state index is 0.0230. The van der Waals surface area contributed by atoms with Crippen molar-refractivity contribution in [2.45, 2.75) is 25.8 Å². The van der Waals surface area contributed by atoms with Gasteiger partial charge in [-0.3, -0.25) is 9.59 Å². The van der Waals surface area contributed by atoms with Gasteiger partial charge in [-0.25, -0.2) is 0 Å². The van der Waals surface area contributed by atoms with Crippen molar-refractivity contribution in [3.8, 4) is 0 Å². The SMILES string of the molecule is COCCN(Cc1ccccc1)C(=O)CCCC(=O)O. The highest BCUT2D eigenvalue weighted by molar-refractivity contribution is 5.77. The van der Waals surface area contributed by atoms with Crippen LogP contribution in [0.1, 0.15) is 24.8 Å². The molecule has 20 heavy (non-hydrogen) atoms. The number of aliphatic carboxylic acids is 1. The molecule has 1 amide bonds. The van der Waals surface area contributed by atoms with Crippen molar-refractivity contribution >= 4 is 11.9 Å². The molecule has 0 aliphatic heterocycles. The molecule has 0 aliphatic carbocycles.